The molecule has 24 heavy (non-hydrogen) atoms. The highest BCUT2D eigenvalue weighted by atomic mass is 16.6. The van der Waals surface area contributed by atoms with Crippen molar-refractivity contribution in [2.24, 2.45) is 0 Å². The Balaban J connectivity index is 1.55. The van der Waals surface area contributed by atoms with Gasteiger partial charge in [-0.3, -0.25) is 9.69 Å². The molecule has 0 aromatic heterocycles. The van der Waals surface area contributed by atoms with E-state index in [1.807, 2.05) is 30.6 Å². The van der Waals surface area contributed by atoms with E-state index in [0.717, 1.165) is 6.42 Å². The molecule has 0 saturated carbocycles. The molecule has 2 aromatic carbocycles. The maximum atomic E-state index is 12.3. The molecule has 1 aliphatic carbocycles. The van der Waals surface area contributed by atoms with Gasteiger partial charge in [0, 0.05) is 12.5 Å². The zero-order valence-corrected chi connectivity index (χ0v) is 13.3. The number of likely N-dealkylation sites (tertiary alicyclic amines) is 1. The third-order valence-electron chi connectivity index (χ3n) is 4.96. The standard InChI is InChI=1S/C20H18NO3/c22-12-14-6-5-11-21(14)20(23)24-13-19-17-9-3-1-7-15(17)16-8-2-4-10-18(16)19/h1-4,7-10,14,19H,5-6,11,13H2/t14-/m0/s1. The first-order chi connectivity index (χ1) is 11.8. The lowest BCUT2D eigenvalue weighted by molar-refractivity contribution is 0.102. The van der Waals surface area contributed by atoms with Gasteiger partial charge in [-0.2, -0.15) is 0 Å². The average Bonchev–Trinajstić information content (AvgIpc) is 3.22. The lowest BCUT2D eigenvalue weighted by Gasteiger charge is -2.21. The van der Waals surface area contributed by atoms with Gasteiger partial charge in [0.2, 0.25) is 6.29 Å². The molecule has 2 aliphatic rings. The Morgan fingerprint density at radius 3 is 2.33 bits per heavy atom. The number of benzene rings is 2. The van der Waals surface area contributed by atoms with E-state index in [1.165, 1.54) is 27.2 Å². The summed E-state index contributed by atoms with van der Waals surface area (Å²) < 4.78 is 5.56. The number of fused-ring (bicyclic) bond motifs is 3. The molecule has 1 amide bonds. The second-order valence-electron chi connectivity index (χ2n) is 6.27. The van der Waals surface area contributed by atoms with Gasteiger partial charge in [-0.05, 0) is 35.1 Å². The second-order valence-corrected chi connectivity index (χ2v) is 6.27. The quantitative estimate of drug-likeness (QED) is 0.869. The molecule has 1 radical (unpaired) electrons. The third kappa shape index (κ3) is 2.39. The fraction of sp³-hybridized carbons (Fsp3) is 0.300. The summed E-state index contributed by atoms with van der Waals surface area (Å²) in [7, 11) is 0. The van der Waals surface area contributed by atoms with E-state index in [0.29, 0.717) is 13.0 Å². The Morgan fingerprint density at radius 1 is 1.08 bits per heavy atom. The van der Waals surface area contributed by atoms with Gasteiger partial charge in [-0.1, -0.05) is 48.5 Å². The van der Waals surface area contributed by atoms with Crippen LogP contribution in [0.3, 0.4) is 0 Å². The number of rotatable bonds is 3. The minimum Gasteiger partial charge on any atom is -0.448 e. The Bertz CT molecular complexity index is 740. The first kappa shape index (κ1) is 14.9. The molecule has 0 bridgehead atoms. The van der Waals surface area contributed by atoms with Crippen LogP contribution in [0.15, 0.2) is 48.5 Å². The molecular weight excluding hydrogens is 302 g/mol. The van der Waals surface area contributed by atoms with Crippen LogP contribution < -0.4 is 0 Å². The lowest BCUT2D eigenvalue weighted by atomic mass is 9.98. The molecule has 1 heterocycles. The SMILES string of the molecule is O=[C][C@@H]1CCCN1C(=O)OCC1c2ccccc2-c2ccccc21. The summed E-state index contributed by atoms with van der Waals surface area (Å²) in [5, 5.41) is 0. The molecule has 4 rings (SSSR count). The maximum Gasteiger partial charge on any atom is 0.410 e. The summed E-state index contributed by atoms with van der Waals surface area (Å²) in [5.74, 6) is 0.0441. The summed E-state index contributed by atoms with van der Waals surface area (Å²) in [6.45, 7) is 0.853. The van der Waals surface area contributed by atoms with Crippen molar-refractivity contribution in [2.45, 2.75) is 24.8 Å². The number of hydrogen-bond acceptors (Lipinski definition) is 3. The monoisotopic (exact) mass is 320 g/mol. The lowest BCUT2D eigenvalue weighted by Crippen LogP contribution is -2.37. The van der Waals surface area contributed by atoms with E-state index in [-0.39, 0.29) is 12.5 Å². The normalized spacial score (nSPS) is 19.0. The molecule has 1 saturated heterocycles. The van der Waals surface area contributed by atoms with Gasteiger partial charge in [-0.15, -0.1) is 0 Å². The van der Waals surface area contributed by atoms with Gasteiger partial charge in [0.15, 0.2) is 0 Å². The molecule has 4 nitrogen and oxygen atoms in total. The maximum absolute atomic E-state index is 12.3. The van der Waals surface area contributed by atoms with Crippen molar-refractivity contribution >= 4 is 12.4 Å². The fourth-order valence-corrected chi connectivity index (χ4v) is 3.78. The number of carbonyl (C=O) groups excluding carboxylic acids is 2. The number of ether oxygens (including phenoxy) is 1. The van der Waals surface area contributed by atoms with Crippen LogP contribution in [0.5, 0.6) is 0 Å². The number of hydrogen-bond donors (Lipinski definition) is 0. The predicted octanol–water partition coefficient (Wildman–Crippen LogP) is 3.51. The van der Waals surface area contributed by atoms with E-state index in [9.17, 15) is 9.59 Å². The van der Waals surface area contributed by atoms with E-state index in [1.54, 1.807) is 0 Å². The van der Waals surface area contributed by atoms with Crippen molar-refractivity contribution in [1.29, 1.82) is 0 Å². The van der Waals surface area contributed by atoms with Crippen LogP contribution in [0.4, 0.5) is 4.79 Å². The number of carbonyl (C=O) groups is 1. The van der Waals surface area contributed by atoms with Crippen molar-refractivity contribution in [1.82, 2.24) is 4.90 Å². The topological polar surface area (TPSA) is 46.6 Å². The molecule has 2 aromatic rings. The smallest absolute Gasteiger partial charge is 0.410 e. The molecule has 1 atom stereocenters. The molecule has 4 heteroatoms. The van der Waals surface area contributed by atoms with Crippen molar-refractivity contribution in [3.63, 3.8) is 0 Å². The number of amides is 1. The Morgan fingerprint density at radius 2 is 1.71 bits per heavy atom. The number of nitrogens with zero attached hydrogens (tertiary/aromatic N) is 1. The summed E-state index contributed by atoms with van der Waals surface area (Å²) in [4.78, 5) is 24.7. The van der Waals surface area contributed by atoms with Crippen LogP contribution in [0, 0.1) is 0 Å². The zero-order valence-electron chi connectivity index (χ0n) is 13.3. The van der Waals surface area contributed by atoms with Crippen LogP contribution >= 0.6 is 0 Å². The highest BCUT2D eigenvalue weighted by Crippen LogP contribution is 2.44. The Kier molecular flexibility index (Phi) is 3.81. The first-order valence-corrected chi connectivity index (χ1v) is 8.29. The van der Waals surface area contributed by atoms with E-state index < -0.39 is 12.1 Å². The van der Waals surface area contributed by atoms with Crippen LogP contribution in [0.1, 0.15) is 29.9 Å². The van der Waals surface area contributed by atoms with Gasteiger partial charge >= 0.3 is 6.09 Å². The summed E-state index contributed by atoms with van der Waals surface area (Å²) in [6, 6.07) is 16.0. The van der Waals surface area contributed by atoms with Gasteiger partial charge in [0.25, 0.3) is 0 Å². The highest BCUT2D eigenvalue weighted by Gasteiger charge is 2.33. The first-order valence-electron chi connectivity index (χ1n) is 8.29. The van der Waals surface area contributed by atoms with Crippen LogP contribution in [0.25, 0.3) is 11.1 Å². The van der Waals surface area contributed by atoms with E-state index >= 15 is 0 Å². The summed E-state index contributed by atoms with van der Waals surface area (Å²) >= 11 is 0. The molecule has 0 spiro atoms. The van der Waals surface area contributed by atoms with Crippen molar-refractivity contribution in [3.05, 3.63) is 59.7 Å². The van der Waals surface area contributed by atoms with E-state index in [4.69, 9.17) is 4.74 Å². The van der Waals surface area contributed by atoms with Crippen LogP contribution in [-0.2, 0) is 9.53 Å². The van der Waals surface area contributed by atoms with Crippen molar-refractivity contribution in [2.75, 3.05) is 13.2 Å². The third-order valence-corrected chi connectivity index (χ3v) is 4.96. The predicted molar refractivity (Wildman–Crippen MR) is 90.5 cm³/mol. The van der Waals surface area contributed by atoms with Crippen LogP contribution in [-0.4, -0.2) is 36.5 Å². The zero-order chi connectivity index (χ0) is 16.5. The summed E-state index contributed by atoms with van der Waals surface area (Å²) in [5.41, 5.74) is 4.78. The second kappa shape index (κ2) is 6.11. The largest absolute Gasteiger partial charge is 0.448 e. The highest BCUT2D eigenvalue weighted by molar-refractivity contribution is 5.79. The van der Waals surface area contributed by atoms with Gasteiger partial charge in [0.1, 0.15) is 12.6 Å². The Labute approximate surface area is 141 Å². The van der Waals surface area contributed by atoms with Crippen LogP contribution in [0.2, 0.25) is 0 Å². The van der Waals surface area contributed by atoms with Gasteiger partial charge < -0.3 is 4.74 Å². The van der Waals surface area contributed by atoms with E-state index in [2.05, 4.69) is 24.3 Å². The van der Waals surface area contributed by atoms with Gasteiger partial charge in [-0.25, -0.2) is 4.79 Å². The molecule has 0 N–H and O–H groups in total. The molecule has 1 aliphatic heterocycles. The average molecular weight is 320 g/mol. The molecule has 1 fully saturated rings. The Hall–Kier alpha value is -2.62. The molecule has 121 valence electrons. The minimum atomic E-state index is -0.458. The molecular formula is C20H18NO3. The minimum absolute atomic E-state index is 0.0441. The van der Waals surface area contributed by atoms with Gasteiger partial charge in [0.05, 0.1) is 0 Å². The summed E-state index contributed by atoms with van der Waals surface area (Å²) in [6.07, 6.45) is 3.01. The van der Waals surface area contributed by atoms with Crippen molar-refractivity contribution < 1.29 is 14.3 Å². The fourth-order valence-electron chi connectivity index (χ4n) is 3.78. The van der Waals surface area contributed by atoms with Crippen molar-refractivity contribution in [3.8, 4) is 11.1 Å². The molecule has 0 unspecified atom stereocenters.